The molecule has 0 radical (unpaired) electrons. The number of nitrogens with one attached hydrogen (secondary N) is 1. The summed E-state index contributed by atoms with van der Waals surface area (Å²) in [6, 6.07) is 4.84. The van der Waals surface area contributed by atoms with Gasteiger partial charge in [-0.25, -0.2) is 4.79 Å². The van der Waals surface area contributed by atoms with Crippen molar-refractivity contribution in [3.8, 4) is 5.75 Å². The van der Waals surface area contributed by atoms with Crippen LogP contribution in [0.1, 0.15) is 23.2 Å². The van der Waals surface area contributed by atoms with Crippen molar-refractivity contribution in [1.29, 1.82) is 0 Å². The van der Waals surface area contributed by atoms with Gasteiger partial charge in [-0.3, -0.25) is 4.79 Å². The van der Waals surface area contributed by atoms with Crippen LogP contribution in [-0.2, 0) is 14.3 Å². The van der Waals surface area contributed by atoms with E-state index in [0.29, 0.717) is 29.8 Å². The molecule has 6 heteroatoms. The Kier molecular flexibility index (Phi) is 2.90. The highest BCUT2D eigenvalue weighted by Crippen LogP contribution is 2.44. The average molecular weight is 277 g/mol. The minimum Gasteiger partial charge on any atom is -0.475 e. The Morgan fingerprint density at radius 3 is 2.80 bits per heavy atom. The van der Waals surface area contributed by atoms with Gasteiger partial charge in [-0.05, 0) is 18.2 Å². The molecule has 1 fully saturated rings. The first kappa shape index (κ1) is 12.9. The van der Waals surface area contributed by atoms with E-state index in [1.807, 2.05) is 0 Å². The maximum absolute atomic E-state index is 12.2. The third-order valence-corrected chi connectivity index (χ3v) is 3.82. The second-order valence-electron chi connectivity index (χ2n) is 5.02. The standard InChI is InChI=1S/C14H15NO5/c1-18-9-6-14(7-9)13(17)15-10-5-8(12(16)19-2)3-4-11(10)20-14/h3-5,9H,6-7H2,1-2H3,(H,15,17). The van der Waals surface area contributed by atoms with E-state index in [1.165, 1.54) is 7.11 Å². The predicted molar refractivity (Wildman–Crippen MR) is 69.8 cm³/mol. The Bertz CT molecular complexity index is 577. The molecule has 1 spiro atoms. The van der Waals surface area contributed by atoms with Gasteiger partial charge in [0.05, 0.1) is 24.5 Å². The van der Waals surface area contributed by atoms with E-state index in [-0.39, 0.29) is 12.0 Å². The Hall–Kier alpha value is -2.08. The first-order valence-corrected chi connectivity index (χ1v) is 6.33. The van der Waals surface area contributed by atoms with Crippen LogP contribution in [0.15, 0.2) is 18.2 Å². The summed E-state index contributed by atoms with van der Waals surface area (Å²) in [5.74, 6) is -0.0856. The van der Waals surface area contributed by atoms with E-state index in [9.17, 15) is 9.59 Å². The van der Waals surface area contributed by atoms with E-state index >= 15 is 0 Å². The zero-order valence-electron chi connectivity index (χ0n) is 11.3. The highest BCUT2D eigenvalue weighted by Gasteiger charge is 2.55. The minimum absolute atomic E-state index is 0.0524. The largest absolute Gasteiger partial charge is 0.475 e. The van der Waals surface area contributed by atoms with Crippen LogP contribution in [-0.4, -0.2) is 37.8 Å². The normalized spacial score (nSPS) is 27.1. The van der Waals surface area contributed by atoms with Gasteiger partial charge < -0.3 is 19.5 Å². The van der Waals surface area contributed by atoms with Gasteiger partial charge in [0.25, 0.3) is 5.91 Å². The van der Waals surface area contributed by atoms with Crippen LogP contribution in [0.3, 0.4) is 0 Å². The highest BCUT2D eigenvalue weighted by molar-refractivity contribution is 6.03. The van der Waals surface area contributed by atoms with Gasteiger partial charge in [0.1, 0.15) is 5.75 Å². The van der Waals surface area contributed by atoms with E-state index in [2.05, 4.69) is 10.1 Å². The molecule has 1 aromatic carbocycles. The summed E-state index contributed by atoms with van der Waals surface area (Å²) >= 11 is 0. The summed E-state index contributed by atoms with van der Waals surface area (Å²) in [7, 11) is 2.93. The van der Waals surface area contributed by atoms with Crippen LogP contribution in [0.4, 0.5) is 5.69 Å². The van der Waals surface area contributed by atoms with Crippen molar-refractivity contribution in [2.24, 2.45) is 0 Å². The molecule has 1 aliphatic carbocycles. The van der Waals surface area contributed by atoms with Crippen molar-refractivity contribution in [3.63, 3.8) is 0 Å². The number of amides is 1. The average Bonchev–Trinajstić information content (AvgIpc) is 2.42. The van der Waals surface area contributed by atoms with Crippen molar-refractivity contribution in [3.05, 3.63) is 23.8 Å². The van der Waals surface area contributed by atoms with E-state index in [0.717, 1.165) is 0 Å². The number of rotatable bonds is 2. The number of hydrogen-bond acceptors (Lipinski definition) is 5. The van der Waals surface area contributed by atoms with E-state index < -0.39 is 11.6 Å². The number of carbonyl (C=O) groups is 2. The number of esters is 1. The Morgan fingerprint density at radius 1 is 1.40 bits per heavy atom. The lowest BCUT2D eigenvalue weighted by Crippen LogP contribution is -2.61. The van der Waals surface area contributed by atoms with Crippen LogP contribution in [0.5, 0.6) is 5.75 Å². The van der Waals surface area contributed by atoms with Crippen molar-refractivity contribution in [2.45, 2.75) is 24.5 Å². The fraction of sp³-hybridized carbons (Fsp3) is 0.429. The van der Waals surface area contributed by atoms with Gasteiger partial charge in [-0.15, -0.1) is 0 Å². The summed E-state index contributed by atoms with van der Waals surface area (Å²) in [4.78, 5) is 23.6. The zero-order valence-corrected chi connectivity index (χ0v) is 11.3. The molecule has 0 saturated heterocycles. The maximum Gasteiger partial charge on any atom is 0.337 e. The minimum atomic E-state index is -0.833. The topological polar surface area (TPSA) is 73.9 Å². The molecule has 1 amide bonds. The summed E-state index contributed by atoms with van der Waals surface area (Å²) in [5, 5.41) is 2.79. The molecule has 0 aromatic heterocycles. The van der Waals surface area contributed by atoms with Gasteiger partial charge in [-0.1, -0.05) is 0 Å². The van der Waals surface area contributed by atoms with Crippen LogP contribution >= 0.6 is 0 Å². The molecule has 0 unspecified atom stereocenters. The molecule has 1 aromatic rings. The molecule has 3 rings (SSSR count). The Labute approximate surface area is 116 Å². The van der Waals surface area contributed by atoms with Crippen LogP contribution in [0.2, 0.25) is 0 Å². The molecule has 0 atom stereocenters. The third kappa shape index (κ3) is 1.84. The third-order valence-electron chi connectivity index (χ3n) is 3.82. The zero-order chi connectivity index (χ0) is 14.3. The lowest BCUT2D eigenvalue weighted by atomic mass is 9.75. The number of ether oxygens (including phenoxy) is 3. The number of benzene rings is 1. The van der Waals surface area contributed by atoms with Gasteiger partial charge in [0.15, 0.2) is 5.60 Å². The molecule has 0 bridgehead atoms. The Balaban J connectivity index is 1.86. The van der Waals surface area contributed by atoms with Crippen LogP contribution in [0, 0.1) is 0 Å². The second-order valence-corrected chi connectivity index (χ2v) is 5.02. The predicted octanol–water partition coefficient (Wildman–Crippen LogP) is 1.35. The fourth-order valence-corrected chi connectivity index (χ4v) is 2.57. The maximum atomic E-state index is 12.2. The Morgan fingerprint density at radius 2 is 2.15 bits per heavy atom. The number of methoxy groups -OCH3 is 2. The molecule has 20 heavy (non-hydrogen) atoms. The van der Waals surface area contributed by atoms with Crippen molar-refractivity contribution in [2.75, 3.05) is 19.5 Å². The quantitative estimate of drug-likeness (QED) is 0.826. The van der Waals surface area contributed by atoms with Gasteiger partial charge in [0.2, 0.25) is 0 Å². The lowest BCUT2D eigenvalue weighted by molar-refractivity contribution is -0.156. The molecule has 1 saturated carbocycles. The number of fused-ring (bicyclic) bond motifs is 1. The summed E-state index contributed by atoms with van der Waals surface area (Å²) in [6.45, 7) is 0. The molecule has 2 aliphatic rings. The van der Waals surface area contributed by atoms with Crippen molar-refractivity contribution < 1.29 is 23.8 Å². The molecule has 6 nitrogen and oxygen atoms in total. The SMILES string of the molecule is COC(=O)c1ccc2c(c1)NC(=O)C1(CC(OC)C1)O2. The molecule has 106 valence electrons. The molecular formula is C14H15NO5. The summed E-state index contributed by atoms with van der Waals surface area (Å²) < 4.78 is 15.7. The monoisotopic (exact) mass is 277 g/mol. The lowest BCUT2D eigenvalue weighted by Gasteiger charge is -2.47. The van der Waals surface area contributed by atoms with Gasteiger partial charge >= 0.3 is 5.97 Å². The number of carbonyl (C=O) groups excluding carboxylic acids is 2. The summed E-state index contributed by atoms with van der Waals surface area (Å²) in [6.07, 6.45) is 1.12. The first-order chi connectivity index (χ1) is 9.58. The van der Waals surface area contributed by atoms with E-state index in [4.69, 9.17) is 9.47 Å². The van der Waals surface area contributed by atoms with Crippen molar-refractivity contribution >= 4 is 17.6 Å². The van der Waals surface area contributed by atoms with Gasteiger partial charge in [0, 0.05) is 20.0 Å². The van der Waals surface area contributed by atoms with Crippen LogP contribution < -0.4 is 10.1 Å². The van der Waals surface area contributed by atoms with Crippen LogP contribution in [0.25, 0.3) is 0 Å². The smallest absolute Gasteiger partial charge is 0.337 e. The van der Waals surface area contributed by atoms with Crippen molar-refractivity contribution in [1.82, 2.24) is 0 Å². The molecule has 1 N–H and O–H groups in total. The fourth-order valence-electron chi connectivity index (χ4n) is 2.57. The first-order valence-electron chi connectivity index (χ1n) is 6.33. The summed E-state index contributed by atoms with van der Waals surface area (Å²) in [5.41, 5.74) is 0.0272. The number of hydrogen-bond donors (Lipinski definition) is 1. The molecule has 1 aliphatic heterocycles. The molecule has 1 heterocycles. The second kappa shape index (κ2) is 4.49. The molecular weight excluding hydrogens is 262 g/mol. The van der Waals surface area contributed by atoms with Gasteiger partial charge in [-0.2, -0.15) is 0 Å². The highest BCUT2D eigenvalue weighted by atomic mass is 16.5. The van der Waals surface area contributed by atoms with E-state index in [1.54, 1.807) is 25.3 Å². The number of anilines is 1.